The van der Waals surface area contributed by atoms with E-state index in [4.69, 9.17) is 10.5 Å². The molecule has 0 spiro atoms. The lowest BCUT2D eigenvalue weighted by atomic mass is 10.0. The molecule has 0 saturated heterocycles. The molecular weight excluding hydrogens is 306 g/mol. The quantitative estimate of drug-likeness (QED) is 0.559. The second-order valence-corrected chi connectivity index (χ2v) is 8.00. The number of rotatable bonds is 11. The predicted molar refractivity (Wildman–Crippen MR) is 87.9 cm³/mol. The Kier molecular flexibility index (Phi) is 9.82. The molecule has 22 heavy (non-hydrogen) atoms. The highest BCUT2D eigenvalue weighted by molar-refractivity contribution is 7.89. The molecule has 0 aliphatic rings. The molecule has 0 aromatic rings. The highest BCUT2D eigenvalue weighted by Gasteiger charge is 2.16. The molecule has 7 nitrogen and oxygen atoms in total. The van der Waals surface area contributed by atoms with E-state index in [9.17, 15) is 13.2 Å². The van der Waals surface area contributed by atoms with Crippen molar-refractivity contribution in [3.8, 4) is 0 Å². The Hall–Kier alpha value is -0.700. The standard InChI is InChI=1S/C14H31N3O4S/c1-11(2)13(15)6-7-17(5)14(18)10-16-22(19,20)9-8-21-12(3)4/h11-13,16H,6-10,15H2,1-5H3. The average molecular weight is 337 g/mol. The zero-order valence-corrected chi connectivity index (χ0v) is 15.1. The Bertz CT molecular complexity index is 424. The number of carbonyl (C=O) groups is 1. The van der Waals surface area contributed by atoms with Crippen molar-refractivity contribution in [3.63, 3.8) is 0 Å². The van der Waals surface area contributed by atoms with Crippen molar-refractivity contribution >= 4 is 15.9 Å². The van der Waals surface area contributed by atoms with Crippen LogP contribution >= 0.6 is 0 Å². The predicted octanol–water partition coefficient (Wildman–Crippen LogP) is 0.163. The van der Waals surface area contributed by atoms with E-state index in [0.717, 1.165) is 0 Å². The molecule has 0 bridgehead atoms. The minimum atomic E-state index is -3.50. The lowest BCUT2D eigenvalue weighted by Crippen LogP contribution is -2.41. The third kappa shape index (κ3) is 10.1. The highest BCUT2D eigenvalue weighted by Crippen LogP contribution is 2.03. The third-order valence-electron chi connectivity index (χ3n) is 3.33. The smallest absolute Gasteiger partial charge is 0.237 e. The molecule has 8 heteroatoms. The lowest BCUT2D eigenvalue weighted by Gasteiger charge is -2.21. The van der Waals surface area contributed by atoms with E-state index in [1.165, 1.54) is 4.90 Å². The number of hydrogen-bond acceptors (Lipinski definition) is 5. The van der Waals surface area contributed by atoms with E-state index in [1.807, 2.05) is 27.7 Å². The number of carbonyl (C=O) groups excluding carboxylic acids is 1. The van der Waals surface area contributed by atoms with Crippen LogP contribution in [0.15, 0.2) is 0 Å². The van der Waals surface area contributed by atoms with Crippen molar-refractivity contribution in [1.29, 1.82) is 0 Å². The molecule has 0 aliphatic carbocycles. The van der Waals surface area contributed by atoms with Crippen molar-refractivity contribution in [2.24, 2.45) is 11.7 Å². The first-order valence-electron chi connectivity index (χ1n) is 7.63. The van der Waals surface area contributed by atoms with Gasteiger partial charge in [-0.2, -0.15) is 0 Å². The van der Waals surface area contributed by atoms with E-state index >= 15 is 0 Å². The molecule has 132 valence electrons. The second kappa shape index (κ2) is 10.1. The number of nitrogens with zero attached hydrogens (tertiary/aromatic N) is 1. The van der Waals surface area contributed by atoms with Gasteiger partial charge >= 0.3 is 0 Å². The van der Waals surface area contributed by atoms with Crippen molar-refractivity contribution in [2.75, 3.05) is 32.5 Å². The number of ether oxygens (including phenoxy) is 1. The van der Waals surface area contributed by atoms with Crippen LogP contribution in [-0.2, 0) is 19.6 Å². The van der Waals surface area contributed by atoms with Gasteiger partial charge in [0.25, 0.3) is 0 Å². The van der Waals surface area contributed by atoms with E-state index < -0.39 is 10.0 Å². The van der Waals surface area contributed by atoms with Crippen LogP contribution in [0.5, 0.6) is 0 Å². The van der Waals surface area contributed by atoms with Gasteiger partial charge in [-0.15, -0.1) is 0 Å². The van der Waals surface area contributed by atoms with Gasteiger partial charge in [-0.3, -0.25) is 4.79 Å². The van der Waals surface area contributed by atoms with E-state index in [1.54, 1.807) is 7.05 Å². The number of hydrogen-bond donors (Lipinski definition) is 2. The first kappa shape index (κ1) is 21.3. The molecule has 0 rings (SSSR count). The fourth-order valence-electron chi connectivity index (χ4n) is 1.57. The molecule has 1 unspecified atom stereocenters. The molecule has 0 heterocycles. The number of sulfonamides is 1. The molecule has 3 N–H and O–H groups in total. The van der Waals surface area contributed by atoms with Gasteiger partial charge < -0.3 is 15.4 Å². The van der Waals surface area contributed by atoms with Crippen LogP contribution in [0.2, 0.25) is 0 Å². The number of amides is 1. The van der Waals surface area contributed by atoms with Crippen molar-refractivity contribution in [3.05, 3.63) is 0 Å². The van der Waals surface area contributed by atoms with Gasteiger partial charge in [0.1, 0.15) is 0 Å². The summed E-state index contributed by atoms with van der Waals surface area (Å²) in [6.45, 7) is 8.11. The Morgan fingerprint density at radius 3 is 2.36 bits per heavy atom. The van der Waals surface area contributed by atoms with E-state index in [0.29, 0.717) is 18.9 Å². The van der Waals surface area contributed by atoms with Gasteiger partial charge in [-0.25, -0.2) is 13.1 Å². The van der Waals surface area contributed by atoms with Crippen LogP contribution in [0.1, 0.15) is 34.1 Å². The van der Waals surface area contributed by atoms with Gasteiger partial charge in [0.15, 0.2) is 0 Å². The largest absolute Gasteiger partial charge is 0.378 e. The first-order chi connectivity index (χ1) is 10.0. The molecule has 0 aromatic heterocycles. The molecule has 1 atom stereocenters. The second-order valence-electron chi connectivity index (χ2n) is 6.07. The monoisotopic (exact) mass is 337 g/mol. The van der Waals surface area contributed by atoms with Crippen molar-refractivity contribution in [2.45, 2.75) is 46.3 Å². The molecule has 0 aliphatic heterocycles. The van der Waals surface area contributed by atoms with Gasteiger partial charge in [0.05, 0.1) is 25.0 Å². The molecule has 0 fully saturated rings. The average Bonchev–Trinajstić information content (AvgIpc) is 2.40. The first-order valence-corrected chi connectivity index (χ1v) is 9.29. The van der Waals surface area contributed by atoms with Gasteiger partial charge in [-0.1, -0.05) is 13.8 Å². The number of likely N-dealkylation sites (N-methyl/N-ethyl adjacent to an activating group) is 1. The van der Waals surface area contributed by atoms with Crippen molar-refractivity contribution < 1.29 is 17.9 Å². The Morgan fingerprint density at radius 1 is 1.27 bits per heavy atom. The van der Waals surface area contributed by atoms with Crippen LogP contribution < -0.4 is 10.5 Å². The Morgan fingerprint density at radius 2 is 1.86 bits per heavy atom. The Balaban J connectivity index is 4.09. The topological polar surface area (TPSA) is 102 Å². The third-order valence-corrected chi connectivity index (χ3v) is 4.61. The molecule has 0 radical (unpaired) electrons. The van der Waals surface area contributed by atoms with Gasteiger partial charge in [-0.05, 0) is 26.2 Å². The summed E-state index contributed by atoms with van der Waals surface area (Å²) in [6.07, 6.45) is 0.669. The highest BCUT2D eigenvalue weighted by atomic mass is 32.2. The maximum absolute atomic E-state index is 11.9. The SMILES string of the molecule is CC(C)OCCS(=O)(=O)NCC(=O)N(C)CCC(N)C(C)C. The van der Waals surface area contributed by atoms with E-state index in [2.05, 4.69) is 4.72 Å². The van der Waals surface area contributed by atoms with Crippen LogP contribution in [-0.4, -0.2) is 63.9 Å². The number of nitrogens with one attached hydrogen (secondary N) is 1. The summed E-state index contributed by atoms with van der Waals surface area (Å²) < 4.78 is 30.9. The zero-order chi connectivity index (χ0) is 17.3. The van der Waals surface area contributed by atoms with Gasteiger partial charge in [0, 0.05) is 19.6 Å². The summed E-state index contributed by atoms with van der Waals surface area (Å²) in [4.78, 5) is 13.4. The minimum Gasteiger partial charge on any atom is -0.378 e. The molecule has 0 aromatic carbocycles. The summed E-state index contributed by atoms with van der Waals surface area (Å²) in [5.74, 6) is -0.0762. The maximum atomic E-state index is 11.9. The van der Waals surface area contributed by atoms with Gasteiger partial charge in [0.2, 0.25) is 15.9 Å². The summed E-state index contributed by atoms with van der Waals surface area (Å²) in [5, 5.41) is 0. The zero-order valence-electron chi connectivity index (χ0n) is 14.3. The van der Waals surface area contributed by atoms with Crippen LogP contribution in [0, 0.1) is 5.92 Å². The maximum Gasteiger partial charge on any atom is 0.237 e. The minimum absolute atomic E-state index is 0.0202. The Labute approximate surface area is 134 Å². The molecular formula is C14H31N3O4S. The normalized spacial score (nSPS) is 13.6. The molecule has 0 saturated carbocycles. The van der Waals surface area contributed by atoms with Crippen LogP contribution in [0.4, 0.5) is 0 Å². The summed E-state index contributed by atoms with van der Waals surface area (Å²) in [6, 6.07) is 0.0279. The fourth-order valence-corrected chi connectivity index (χ4v) is 2.38. The summed E-state index contributed by atoms with van der Waals surface area (Å²) in [7, 11) is -1.85. The van der Waals surface area contributed by atoms with E-state index in [-0.39, 0.29) is 37.0 Å². The fraction of sp³-hybridized carbons (Fsp3) is 0.929. The lowest BCUT2D eigenvalue weighted by molar-refractivity contribution is -0.128. The summed E-state index contributed by atoms with van der Waals surface area (Å²) in [5.41, 5.74) is 5.92. The number of nitrogens with two attached hydrogens (primary N) is 1. The van der Waals surface area contributed by atoms with Crippen molar-refractivity contribution in [1.82, 2.24) is 9.62 Å². The van der Waals surface area contributed by atoms with Crippen LogP contribution in [0.25, 0.3) is 0 Å². The summed E-state index contributed by atoms with van der Waals surface area (Å²) >= 11 is 0. The van der Waals surface area contributed by atoms with Crippen LogP contribution in [0.3, 0.4) is 0 Å². The molecule has 1 amide bonds.